The van der Waals surface area contributed by atoms with Gasteiger partial charge in [0, 0.05) is 24.6 Å². The van der Waals surface area contributed by atoms with Crippen LogP contribution >= 0.6 is 23.2 Å². The Hall–Kier alpha value is -3.27. The van der Waals surface area contributed by atoms with Crippen molar-refractivity contribution in [2.24, 2.45) is 0 Å². The van der Waals surface area contributed by atoms with Gasteiger partial charge < -0.3 is 15.0 Å². The molecule has 8 nitrogen and oxygen atoms in total. The van der Waals surface area contributed by atoms with Gasteiger partial charge in [0.15, 0.2) is 0 Å². The third-order valence-electron chi connectivity index (χ3n) is 6.13. The molecule has 11 heteroatoms. The zero-order chi connectivity index (χ0) is 30.4. The van der Waals surface area contributed by atoms with E-state index in [1.165, 1.54) is 18.1 Å². The maximum absolute atomic E-state index is 14.1. The molecule has 0 bridgehead atoms. The van der Waals surface area contributed by atoms with Crippen LogP contribution in [0.5, 0.6) is 5.75 Å². The molecular formula is C30H35Cl2N3O5S. The first kappa shape index (κ1) is 32.2. The van der Waals surface area contributed by atoms with E-state index >= 15 is 0 Å². The Bertz CT molecular complexity index is 1480. The minimum atomic E-state index is -3.90. The maximum Gasteiger partial charge on any atom is 0.244 e. The quantitative estimate of drug-likeness (QED) is 0.313. The van der Waals surface area contributed by atoms with E-state index in [0.717, 1.165) is 16.1 Å². The highest BCUT2D eigenvalue weighted by Crippen LogP contribution is 2.26. The molecule has 0 aliphatic carbocycles. The number of amides is 2. The number of hydrogen-bond donors (Lipinski definition) is 1. The van der Waals surface area contributed by atoms with E-state index in [2.05, 4.69) is 5.32 Å². The summed E-state index contributed by atoms with van der Waals surface area (Å²) in [6, 6.07) is 19.7. The zero-order valence-electron chi connectivity index (χ0n) is 23.7. The molecule has 3 rings (SSSR count). The molecule has 2 amide bonds. The molecule has 3 aromatic rings. The summed E-state index contributed by atoms with van der Waals surface area (Å²) in [5.74, 6) is -0.515. The number of nitrogens with zero attached hydrogens (tertiary/aromatic N) is 2. The highest BCUT2D eigenvalue weighted by molar-refractivity contribution is 7.92. The average Bonchev–Trinajstić information content (AvgIpc) is 2.90. The van der Waals surface area contributed by atoms with Gasteiger partial charge in [-0.25, -0.2) is 8.42 Å². The zero-order valence-corrected chi connectivity index (χ0v) is 26.1. The van der Waals surface area contributed by atoms with Gasteiger partial charge in [-0.05, 0) is 56.2 Å². The number of nitrogens with one attached hydrogen (secondary N) is 1. The van der Waals surface area contributed by atoms with E-state index in [-0.39, 0.29) is 24.6 Å². The average molecular weight is 621 g/mol. The summed E-state index contributed by atoms with van der Waals surface area (Å²) < 4.78 is 32.1. The van der Waals surface area contributed by atoms with Crippen LogP contribution in [-0.4, -0.2) is 56.6 Å². The third-order valence-corrected chi connectivity index (χ3v) is 8.01. The number of hydrogen-bond acceptors (Lipinski definition) is 5. The smallest absolute Gasteiger partial charge is 0.244 e. The van der Waals surface area contributed by atoms with Crippen molar-refractivity contribution in [2.45, 2.75) is 45.3 Å². The number of halogens is 2. The molecule has 0 radical (unpaired) electrons. The Morgan fingerprint density at radius 3 is 2.20 bits per heavy atom. The normalized spacial score (nSPS) is 12.4. The first-order valence-electron chi connectivity index (χ1n) is 12.9. The number of carbonyl (C=O) groups is 2. The molecule has 41 heavy (non-hydrogen) atoms. The lowest BCUT2D eigenvalue weighted by atomic mass is 10.0. The lowest BCUT2D eigenvalue weighted by Gasteiger charge is -2.35. The van der Waals surface area contributed by atoms with Crippen LogP contribution in [0.25, 0.3) is 0 Å². The second kappa shape index (κ2) is 13.6. The van der Waals surface area contributed by atoms with Crippen LogP contribution < -0.4 is 14.4 Å². The number of anilines is 1. The molecular weight excluding hydrogens is 585 g/mol. The molecule has 0 saturated carbocycles. The molecule has 0 aliphatic heterocycles. The highest BCUT2D eigenvalue weighted by atomic mass is 35.5. The predicted octanol–water partition coefficient (Wildman–Crippen LogP) is 5.32. The largest absolute Gasteiger partial charge is 0.497 e. The van der Waals surface area contributed by atoms with Crippen LogP contribution in [0, 0.1) is 0 Å². The summed E-state index contributed by atoms with van der Waals surface area (Å²) in [5.41, 5.74) is 1.14. The topological polar surface area (TPSA) is 96.0 Å². The summed E-state index contributed by atoms with van der Waals surface area (Å²) in [6.45, 7) is 5.00. The van der Waals surface area contributed by atoms with Crippen molar-refractivity contribution >= 4 is 50.7 Å². The molecule has 220 valence electrons. The SMILES string of the molecule is COc1cccc(N(CC(=O)N(Cc2ccc(Cl)c(Cl)c2)[C@H](Cc2ccccc2)C(=O)NC(C)(C)C)S(C)(=O)=O)c1. The van der Waals surface area contributed by atoms with E-state index in [1.807, 2.05) is 51.1 Å². The Morgan fingerprint density at radius 2 is 1.61 bits per heavy atom. The van der Waals surface area contributed by atoms with Crippen molar-refractivity contribution in [3.8, 4) is 5.75 Å². The number of carbonyl (C=O) groups excluding carboxylic acids is 2. The summed E-state index contributed by atoms with van der Waals surface area (Å²) in [4.78, 5) is 29.3. The van der Waals surface area contributed by atoms with Crippen molar-refractivity contribution in [3.05, 3.63) is 94.0 Å². The van der Waals surface area contributed by atoms with Crippen LogP contribution in [-0.2, 0) is 32.6 Å². The van der Waals surface area contributed by atoms with Gasteiger partial charge in [0.2, 0.25) is 21.8 Å². The maximum atomic E-state index is 14.1. The summed E-state index contributed by atoms with van der Waals surface area (Å²) >= 11 is 12.4. The van der Waals surface area contributed by atoms with Crippen LogP contribution in [0.15, 0.2) is 72.8 Å². The van der Waals surface area contributed by atoms with Crippen LogP contribution in [0.3, 0.4) is 0 Å². The van der Waals surface area contributed by atoms with Crippen molar-refractivity contribution in [1.82, 2.24) is 10.2 Å². The minimum absolute atomic E-state index is 0.0134. The molecule has 1 atom stereocenters. The first-order valence-corrected chi connectivity index (χ1v) is 15.5. The van der Waals surface area contributed by atoms with Crippen molar-refractivity contribution in [1.29, 1.82) is 0 Å². The second-order valence-electron chi connectivity index (χ2n) is 10.7. The van der Waals surface area contributed by atoms with E-state index in [9.17, 15) is 18.0 Å². The monoisotopic (exact) mass is 619 g/mol. The standard InChI is InChI=1S/C30H35Cl2N3O5S/c1-30(2,3)33-29(37)27(17-21-10-7-6-8-11-21)34(19-22-14-15-25(31)26(32)16-22)28(36)20-35(41(5,38)39)23-12-9-13-24(18-23)40-4/h6-16,18,27H,17,19-20H2,1-5H3,(H,33,37)/t27-/m1/s1. The molecule has 0 spiro atoms. The van der Waals surface area contributed by atoms with Gasteiger partial charge >= 0.3 is 0 Å². The van der Waals surface area contributed by atoms with E-state index in [0.29, 0.717) is 21.4 Å². The summed E-state index contributed by atoms with van der Waals surface area (Å²) in [6.07, 6.45) is 1.23. The van der Waals surface area contributed by atoms with E-state index < -0.39 is 34.1 Å². The Morgan fingerprint density at radius 1 is 0.927 bits per heavy atom. The van der Waals surface area contributed by atoms with Crippen molar-refractivity contribution in [3.63, 3.8) is 0 Å². The molecule has 3 aromatic carbocycles. The predicted molar refractivity (Wildman–Crippen MR) is 164 cm³/mol. The van der Waals surface area contributed by atoms with Crippen LogP contribution in [0.4, 0.5) is 5.69 Å². The van der Waals surface area contributed by atoms with Gasteiger partial charge in [0.25, 0.3) is 0 Å². The lowest BCUT2D eigenvalue weighted by molar-refractivity contribution is -0.140. The Kier molecular flexibility index (Phi) is 10.7. The van der Waals surface area contributed by atoms with Crippen LogP contribution in [0.2, 0.25) is 10.0 Å². The molecule has 0 saturated heterocycles. The number of sulfonamides is 1. The van der Waals surface area contributed by atoms with Gasteiger partial charge in [-0.15, -0.1) is 0 Å². The summed E-state index contributed by atoms with van der Waals surface area (Å²) in [5, 5.41) is 3.63. The van der Waals surface area contributed by atoms with Gasteiger partial charge in [-0.2, -0.15) is 0 Å². The molecule has 1 N–H and O–H groups in total. The van der Waals surface area contributed by atoms with E-state index in [4.69, 9.17) is 27.9 Å². The number of methoxy groups -OCH3 is 1. The highest BCUT2D eigenvalue weighted by Gasteiger charge is 2.34. The lowest BCUT2D eigenvalue weighted by Crippen LogP contribution is -2.56. The molecule has 0 aliphatic rings. The van der Waals surface area contributed by atoms with Crippen molar-refractivity contribution in [2.75, 3.05) is 24.2 Å². The number of ether oxygens (including phenoxy) is 1. The number of rotatable bonds is 11. The fraction of sp³-hybridized carbons (Fsp3) is 0.333. The molecule has 0 aromatic heterocycles. The first-order chi connectivity index (χ1) is 19.2. The third kappa shape index (κ3) is 9.38. The fourth-order valence-corrected chi connectivity index (χ4v) is 5.38. The van der Waals surface area contributed by atoms with E-state index in [1.54, 1.807) is 36.4 Å². The van der Waals surface area contributed by atoms with Gasteiger partial charge in [0.05, 0.1) is 29.1 Å². The fourth-order valence-electron chi connectivity index (χ4n) is 4.22. The van der Waals surface area contributed by atoms with Gasteiger partial charge in [-0.3, -0.25) is 13.9 Å². The van der Waals surface area contributed by atoms with Crippen LogP contribution in [0.1, 0.15) is 31.9 Å². The molecule has 0 fully saturated rings. The Labute approximate surface area is 252 Å². The molecule has 0 unspecified atom stereocenters. The van der Waals surface area contributed by atoms with Gasteiger partial charge in [0.1, 0.15) is 18.3 Å². The summed E-state index contributed by atoms with van der Waals surface area (Å²) in [7, 11) is -2.43. The molecule has 0 heterocycles. The number of benzene rings is 3. The van der Waals surface area contributed by atoms with Gasteiger partial charge in [-0.1, -0.05) is 65.7 Å². The minimum Gasteiger partial charge on any atom is -0.497 e. The van der Waals surface area contributed by atoms with Crippen molar-refractivity contribution < 1.29 is 22.7 Å². The Balaban J connectivity index is 2.10. The second-order valence-corrected chi connectivity index (χ2v) is 13.4.